The van der Waals surface area contributed by atoms with Crippen LogP contribution in [0.3, 0.4) is 0 Å². The van der Waals surface area contributed by atoms with Crippen LogP contribution in [0.2, 0.25) is 0 Å². The van der Waals surface area contributed by atoms with Gasteiger partial charge in [-0.2, -0.15) is 5.10 Å². The average Bonchev–Trinajstić information content (AvgIpc) is 2.63. The van der Waals surface area contributed by atoms with Gasteiger partial charge in [0.2, 0.25) is 0 Å². The van der Waals surface area contributed by atoms with Crippen LogP contribution in [0, 0.1) is 0 Å². The van der Waals surface area contributed by atoms with Gasteiger partial charge in [0, 0.05) is 12.7 Å². The third kappa shape index (κ3) is 2.56. The number of carbonyl (C=O) groups excluding carboxylic acids is 1. The van der Waals surface area contributed by atoms with E-state index in [1.165, 1.54) is 0 Å². The number of hydrogen-bond donors (Lipinski definition) is 1. The van der Waals surface area contributed by atoms with Crippen molar-refractivity contribution in [1.82, 2.24) is 15.1 Å². The van der Waals surface area contributed by atoms with Crippen LogP contribution in [0.25, 0.3) is 0 Å². The van der Waals surface area contributed by atoms with E-state index in [9.17, 15) is 4.79 Å². The van der Waals surface area contributed by atoms with E-state index in [1.54, 1.807) is 23.9 Å². The highest BCUT2D eigenvalue weighted by molar-refractivity contribution is 5.87. The van der Waals surface area contributed by atoms with Crippen LogP contribution in [0.5, 0.6) is 0 Å². The zero-order valence-corrected chi connectivity index (χ0v) is 8.49. The molecule has 1 aromatic heterocycles. The van der Waals surface area contributed by atoms with E-state index in [4.69, 9.17) is 4.74 Å². The van der Waals surface area contributed by atoms with Crippen molar-refractivity contribution in [1.29, 1.82) is 0 Å². The molecule has 5 heteroatoms. The van der Waals surface area contributed by atoms with Crippen LogP contribution < -0.4 is 5.32 Å². The lowest BCUT2D eigenvalue weighted by Gasteiger charge is -2.05. The van der Waals surface area contributed by atoms with Gasteiger partial charge in [-0.25, -0.2) is 4.79 Å². The molecular weight excluding hydrogens is 182 g/mol. The molecule has 0 fully saturated rings. The second-order valence-corrected chi connectivity index (χ2v) is 2.76. The first-order valence-electron chi connectivity index (χ1n) is 4.63. The van der Waals surface area contributed by atoms with Gasteiger partial charge >= 0.3 is 5.97 Å². The Balaban J connectivity index is 2.66. The lowest BCUT2D eigenvalue weighted by Crippen LogP contribution is -2.20. The molecule has 0 aliphatic rings. The maximum atomic E-state index is 11.4. The van der Waals surface area contributed by atoms with Gasteiger partial charge in [-0.3, -0.25) is 4.68 Å². The Labute approximate surface area is 83.1 Å². The molecule has 0 spiro atoms. The molecule has 0 saturated carbocycles. The SMILES string of the molecule is CCOC(=O)c1ccnn1CCNC. The fourth-order valence-electron chi connectivity index (χ4n) is 1.11. The van der Waals surface area contributed by atoms with Crippen molar-refractivity contribution < 1.29 is 9.53 Å². The van der Waals surface area contributed by atoms with Gasteiger partial charge < -0.3 is 10.1 Å². The summed E-state index contributed by atoms with van der Waals surface area (Å²) in [5, 5.41) is 7.02. The van der Waals surface area contributed by atoms with Gasteiger partial charge in [-0.05, 0) is 20.0 Å². The summed E-state index contributed by atoms with van der Waals surface area (Å²) in [5.41, 5.74) is 0.502. The summed E-state index contributed by atoms with van der Waals surface area (Å²) in [6.45, 7) is 3.61. The van der Waals surface area contributed by atoms with Crippen molar-refractivity contribution in [2.24, 2.45) is 0 Å². The highest BCUT2D eigenvalue weighted by Crippen LogP contribution is 2.00. The Morgan fingerprint density at radius 3 is 3.14 bits per heavy atom. The van der Waals surface area contributed by atoms with E-state index in [2.05, 4.69) is 10.4 Å². The molecule has 0 radical (unpaired) electrons. The summed E-state index contributed by atoms with van der Waals surface area (Å²) in [6, 6.07) is 1.66. The lowest BCUT2D eigenvalue weighted by atomic mass is 10.4. The van der Waals surface area contributed by atoms with Gasteiger partial charge in [0.05, 0.1) is 13.2 Å². The molecule has 0 aliphatic carbocycles. The predicted octanol–water partition coefficient (Wildman–Crippen LogP) is 0.279. The maximum Gasteiger partial charge on any atom is 0.356 e. The Kier molecular flexibility index (Phi) is 4.12. The first kappa shape index (κ1) is 10.7. The normalized spacial score (nSPS) is 10.1. The number of hydrogen-bond acceptors (Lipinski definition) is 4. The minimum atomic E-state index is -0.318. The van der Waals surface area contributed by atoms with Crippen LogP contribution in [0.15, 0.2) is 12.3 Å². The average molecular weight is 197 g/mol. The first-order chi connectivity index (χ1) is 6.79. The van der Waals surface area contributed by atoms with E-state index in [1.807, 2.05) is 7.05 Å². The number of esters is 1. The molecule has 0 bridgehead atoms. The third-order valence-electron chi connectivity index (χ3n) is 1.77. The molecule has 0 saturated heterocycles. The van der Waals surface area contributed by atoms with Crippen molar-refractivity contribution in [3.8, 4) is 0 Å². The minimum Gasteiger partial charge on any atom is -0.461 e. The Morgan fingerprint density at radius 2 is 2.50 bits per heavy atom. The van der Waals surface area contributed by atoms with E-state index >= 15 is 0 Å². The second-order valence-electron chi connectivity index (χ2n) is 2.76. The Morgan fingerprint density at radius 1 is 1.71 bits per heavy atom. The molecule has 1 rings (SSSR count). The maximum absolute atomic E-state index is 11.4. The van der Waals surface area contributed by atoms with Gasteiger partial charge in [0.25, 0.3) is 0 Å². The molecule has 1 heterocycles. The van der Waals surface area contributed by atoms with Gasteiger partial charge in [0.15, 0.2) is 0 Å². The first-order valence-corrected chi connectivity index (χ1v) is 4.63. The number of likely N-dealkylation sites (N-methyl/N-ethyl adjacent to an activating group) is 1. The van der Waals surface area contributed by atoms with Crippen molar-refractivity contribution in [3.63, 3.8) is 0 Å². The summed E-state index contributed by atoms with van der Waals surface area (Å²) in [6.07, 6.45) is 1.60. The quantitative estimate of drug-likeness (QED) is 0.689. The molecule has 0 aliphatic heterocycles. The highest BCUT2D eigenvalue weighted by Gasteiger charge is 2.11. The van der Waals surface area contributed by atoms with Crippen molar-refractivity contribution in [2.75, 3.05) is 20.2 Å². The number of aromatic nitrogens is 2. The molecule has 1 N–H and O–H groups in total. The van der Waals surface area contributed by atoms with Crippen molar-refractivity contribution in [2.45, 2.75) is 13.5 Å². The van der Waals surface area contributed by atoms with E-state index in [0.29, 0.717) is 18.8 Å². The van der Waals surface area contributed by atoms with Gasteiger partial charge in [-0.1, -0.05) is 0 Å². The summed E-state index contributed by atoms with van der Waals surface area (Å²) in [4.78, 5) is 11.4. The standard InChI is InChI=1S/C9H15N3O2/c1-3-14-9(13)8-4-5-11-12(8)7-6-10-2/h4-5,10H,3,6-7H2,1-2H3. The molecule has 14 heavy (non-hydrogen) atoms. The topological polar surface area (TPSA) is 56.1 Å². The summed E-state index contributed by atoms with van der Waals surface area (Å²) < 4.78 is 6.52. The molecule has 0 atom stereocenters. The smallest absolute Gasteiger partial charge is 0.356 e. The highest BCUT2D eigenvalue weighted by atomic mass is 16.5. The van der Waals surface area contributed by atoms with Crippen LogP contribution in [-0.2, 0) is 11.3 Å². The molecule has 78 valence electrons. The molecule has 0 unspecified atom stereocenters. The predicted molar refractivity (Wildman–Crippen MR) is 52.1 cm³/mol. The molecule has 5 nitrogen and oxygen atoms in total. The van der Waals surface area contributed by atoms with Gasteiger partial charge in [-0.15, -0.1) is 0 Å². The van der Waals surface area contributed by atoms with Gasteiger partial charge in [0.1, 0.15) is 5.69 Å². The van der Waals surface area contributed by atoms with E-state index in [0.717, 1.165) is 6.54 Å². The Hall–Kier alpha value is -1.36. The summed E-state index contributed by atoms with van der Waals surface area (Å²) in [5.74, 6) is -0.318. The Bertz CT molecular complexity index is 296. The summed E-state index contributed by atoms with van der Waals surface area (Å²) >= 11 is 0. The largest absolute Gasteiger partial charge is 0.461 e. The van der Waals surface area contributed by atoms with Crippen molar-refractivity contribution in [3.05, 3.63) is 18.0 Å². The molecule has 0 aromatic carbocycles. The third-order valence-corrected chi connectivity index (χ3v) is 1.77. The van der Waals surface area contributed by atoms with Crippen molar-refractivity contribution >= 4 is 5.97 Å². The van der Waals surface area contributed by atoms with Crippen LogP contribution >= 0.6 is 0 Å². The van der Waals surface area contributed by atoms with Crippen LogP contribution in [-0.4, -0.2) is 35.9 Å². The molecule has 1 aromatic rings. The van der Waals surface area contributed by atoms with Crippen LogP contribution in [0.1, 0.15) is 17.4 Å². The molecular formula is C9H15N3O2. The number of nitrogens with zero attached hydrogens (tertiary/aromatic N) is 2. The summed E-state index contributed by atoms with van der Waals surface area (Å²) in [7, 11) is 1.85. The van der Waals surface area contributed by atoms with E-state index in [-0.39, 0.29) is 5.97 Å². The number of nitrogens with one attached hydrogen (secondary N) is 1. The fraction of sp³-hybridized carbons (Fsp3) is 0.556. The fourth-order valence-corrected chi connectivity index (χ4v) is 1.11. The number of rotatable bonds is 5. The zero-order valence-electron chi connectivity index (χ0n) is 8.49. The van der Waals surface area contributed by atoms with Crippen LogP contribution in [0.4, 0.5) is 0 Å². The zero-order chi connectivity index (χ0) is 10.4. The minimum absolute atomic E-state index is 0.318. The van der Waals surface area contributed by atoms with E-state index < -0.39 is 0 Å². The lowest BCUT2D eigenvalue weighted by molar-refractivity contribution is 0.0512. The number of ether oxygens (including phenoxy) is 1. The number of carbonyl (C=O) groups is 1. The second kappa shape index (κ2) is 5.39. The molecule has 0 amide bonds. The monoisotopic (exact) mass is 197 g/mol.